The van der Waals surface area contributed by atoms with E-state index in [0.29, 0.717) is 0 Å². The van der Waals surface area contributed by atoms with Gasteiger partial charge in [0, 0.05) is 19.7 Å². The van der Waals surface area contributed by atoms with Gasteiger partial charge < -0.3 is 0 Å². The molecule has 0 bridgehead atoms. The summed E-state index contributed by atoms with van der Waals surface area (Å²) in [5.74, 6) is 0. The molecule has 0 atom stereocenters. The minimum absolute atomic E-state index is 1.72. The molecule has 18 valence electrons. The molecule has 0 nitrogen and oxygen atoms in total. The maximum atomic E-state index is 3.06. The third-order valence-electron chi connectivity index (χ3n) is 0.0833. The second-order valence-electron chi connectivity index (χ2n) is 0.333. The smallest absolute Gasteiger partial charge is 0.0292 e. The summed E-state index contributed by atoms with van der Waals surface area (Å²) in [6.07, 6.45) is 0. The second kappa shape index (κ2) is 3.17. The summed E-state index contributed by atoms with van der Waals surface area (Å²) in [4.78, 5) is 0. The number of hydrogen-bond donors (Lipinski definition) is 0. The highest BCUT2D eigenvalue weighted by molar-refractivity contribution is 6.60. The van der Waals surface area contributed by atoms with E-state index in [1.54, 1.807) is 11.3 Å². The molecule has 4 heavy (non-hydrogen) atoms. The van der Waals surface area contributed by atoms with Crippen LogP contribution >= 0.6 is 0 Å². The van der Waals surface area contributed by atoms with Crippen LogP contribution in [-0.4, -0.2) is 31.1 Å². The van der Waals surface area contributed by atoms with Gasteiger partial charge in [-0.3, -0.25) is 0 Å². The molecule has 2 heteroatoms. The molecular formula is C2H2Si2. The molecule has 0 saturated carbocycles. The van der Waals surface area contributed by atoms with Crippen LogP contribution < -0.4 is 0 Å². The van der Waals surface area contributed by atoms with Crippen LogP contribution in [0.5, 0.6) is 0 Å². The second-order valence-corrected chi connectivity index (χ2v) is 1.00. The lowest BCUT2D eigenvalue weighted by Gasteiger charge is -1.43. The molecule has 0 rings (SSSR count). The number of rotatable bonds is 1. The molecule has 0 amide bonds. The quantitative estimate of drug-likeness (QED) is 0.353. The fraction of sp³-hybridized carbons (Fsp3) is 0. The monoisotopic (exact) mass is 82.0 g/mol. The van der Waals surface area contributed by atoms with E-state index in [9.17, 15) is 0 Å². The molecule has 0 aliphatic carbocycles. The van der Waals surface area contributed by atoms with E-state index in [0.717, 1.165) is 0 Å². The first kappa shape index (κ1) is 4.17. The molecule has 0 aliphatic heterocycles. The minimum atomic E-state index is 1.72. The summed E-state index contributed by atoms with van der Waals surface area (Å²) >= 11 is 0. The van der Waals surface area contributed by atoms with Crippen molar-refractivity contribution in [3.05, 3.63) is 0 Å². The lowest BCUT2D eigenvalue weighted by molar-refractivity contribution is 3.76. The van der Waals surface area contributed by atoms with E-state index in [-0.39, 0.29) is 0 Å². The highest BCUT2D eigenvalue weighted by atomic mass is 28.1. The Hall–Kier alpha value is 0.174. The van der Waals surface area contributed by atoms with Crippen molar-refractivity contribution in [1.82, 2.24) is 0 Å². The van der Waals surface area contributed by atoms with Crippen molar-refractivity contribution in [3.8, 4) is 0 Å². The van der Waals surface area contributed by atoms with Crippen LogP contribution in [0.3, 0.4) is 0 Å². The molecule has 0 fully saturated rings. The predicted octanol–water partition coefficient (Wildman–Crippen LogP) is -1.07. The molecule has 4 radical (unpaired) electrons. The van der Waals surface area contributed by atoms with Crippen molar-refractivity contribution in [1.29, 1.82) is 0 Å². The molecule has 0 aliphatic rings. The first-order chi connectivity index (χ1) is 1.91. The van der Waals surface area contributed by atoms with Gasteiger partial charge in [0.1, 0.15) is 0 Å². The normalized spacial score (nSPS) is 5.00. The fourth-order valence-electron chi connectivity index (χ4n) is 0. The third-order valence-corrected chi connectivity index (χ3v) is 0.750. The van der Waals surface area contributed by atoms with Crippen LogP contribution in [0.15, 0.2) is 0 Å². The standard InChI is InChI=1S/C2H2Si2/c3-1-2-4/h1-2H. The van der Waals surface area contributed by atoms with Crippen molar-refractivity contribution in [3.63, 3.8) is 0 Å². The molecule has 0 saturated heterocycles. The highest BCUT2D eigenvalue weighted by Gasteiger charge is 1.31. The van der Waals surface area contributed by atoms with Gasteiger partial charge in [-0.2, -0.15) is 0 Å². The maximum absolute atomic E-state index is 3.06. The summed E-state index contributed by atoms with van der Waals surface area (Å²) in [5, 5.41) is 0. The summed E-state index contributed by atoms with van der Waals surface area (Å²) in [6, 6.07) is 0. The van der Waals surface area contributed by atoms with E-state index >= 15 is 0 Å². The SMILES string of the molecule is [Si]=CC=[Si]. The van der Waals surface area contributed by atoms with E-state index in [1.807, 2.05) is 0 Å². The van der Waals surface area contributed by atoms with Gasteiger partial charge >= 0.3 is 0 Å². The average Bonchev–Trinajstić information content (AvgIpc) is 1.37. The lowest BCUT2D eigenvalue weighted by Crippen LogP contribution is -1.67. The minimum Gasteiger partial charge on any atom is -0.0855 e. The Morgan fingerprint density at radius 1 is 1.00 bits per heavy atom. The first-order valence-electron chi connectivity index (χ1n) is 0.911. The fourth-order valence-corrected chi connectivity index (χ4v) is 0. The molecular weight excluding hydrogens is 80.2 g/mol. The van der Waals surface area contributed by atoms with Gasteiger partial charge in [0.25, 0.3) is 0 Å². The molecule has 0 heterocycles. The molecule has 0 spiro atoms. The van der Waals surface area contributed by atoms with Gasteiger partial charge in [0.2, 0.25) is 0 Å². The molecule has 0 aromatic heterocycles. The summed E-state index contributed by atoms with van der Waals surface area (Å²) in [6.45, 7) is 0. The molecule has 0 aromatic carbocycles. The Morgan fingerprint density at radius 3 is 1.25 bits per heavy atom. The van der Waals surface area contributed by atoms with Crippen molar-refractivity contribution < 1.29 is 0 Å². The summed E-state index contributed by atoms with van der Waals surface area (Å²) in [5.41, 5.74) is 3.44. The van der Waals surface area contributed by atoms with Crippen LogP contribution in [0.2, 0.25) is 0 Å². The van der Waals surface area contributed by atoms with Crippen LogP contribution in [0.1, 0.15) is 0 Å². The zero-order valence-corrected chi connectivity index (χ0v) is 4.15. The topological polar surface area (TPSA) is 0 Å². The van der Waals surface area contributed by atoms with Gasteiger partial charge in [-0.1, -0.05) is 11.3 Å². The Balaban J connectivity index is 2.73. The van der Waals surface area contributed by atoms with Gasteiger partial charge in [0.15, 0.2) is 0 Å². The summed E-state index contributed by atoms with van der Waals surface area (Å²) in [7, 11) is 6.12. The van der Waals surface area contributed by atoms with Gasteiger partial charge in [0.05, 0.1) is 0 Å². The highest BCUT2D eigenvalue weighted by Crippen LogP contribution is 1.07. The van der Waals surface area contributed by atoms with Crippen molar-refractivity contribution in [2.45, 2.75) is 0 Å². The Labute approximate surface area is 31.9 Å². The zero-order valence-electron chi connectivity index (χ0n) is 2.15. The van der Waals surface area contributed by atoms with Crippen molar-refractivity contribution >= 4 is 31.1 Å². The summed E-state index contributed by atoms with van der Waals surface area (Å²) < 4.78 is 0. The van der Waals surface area contributed by atoms with Crippen LogP contribution in [-0.2, 0) is 0 Å². The molecule has 0 unspecified atom stereocenters. The van der Waals surface area contributed by atoms with Crippen molar-refractivity contribution in [2.24, 2.45) is 0 Å². The van der Waals surface area contributed by atoms with Crippen LogP contribution in [0.25, 0.3) is 0 Å². The largest absolute Gasteiger partial charge is 0.0855 e. The molecule has 0 aromatic rings. The first-order valence-corrected chi connectivity index (χ1v) is 2.07. The predicted molar refractivity (Wildman–Crippen MR) is 23.6 cm³/mol. The lowest BCUT2D eigenvalue weighted by atomic mass is 11.0. The zero-order chi connectivity index (χ0) is 3.41. The van der Waals surface area contributed by atoms with Crippen LogP contribution in [0.4, 0.5) is 0 Å². The van der Waals surface area contributed by atoms with E-state index < -0.39 is 0 Å². The third kappa shape index (κ3) is 2.17. The maximum Gasteiger partial charge on any atom is 0.0292 e. The van der Waals surface area contributed by atoms with E-state index in [2.05, 4.69) is 19.7 Å². The van der Waals surface area contributed by atoms with Crippen LogP contribution in [0, 0.1) is 0 Å². The Bertz CT molecular complexity index is 25.0. The van der Waals surface area contributed by atoms with Gasteiger partial charge in [-0.25, -0.2) is 0 Å². The van der Waals surface area contributed by atoms with Gasteiger partial charge in [-0.05, 0) is 0 Å². The average molecular weight is 82.2 g/mol. The van der Waals surface area contributed by atoms with E-state index in [1.165, 1.54) is 0 Å². The Kier molecular flexibility index (Phi) is 3.31. The Morgan fingerprint density at radius 2 is 1.25 bits per heavy atom. The molecule has 0 N–H and O–H groups in total. The van der Waals surface area contributed by atoms with E-state index in [4.69, 9.17) is 0 Å². The van der Waals surface area contributed by atoms with Crippen molar-refractivity contribution in [2.75, 3.05) is 0 Å². The number of hydrogen-bond acceptors (Lipinski definition) is 0. The van der Waals surface area contributed by atoms with Gasteiger partial charge in [-0.15, -0.1) is 0 Å².